The minimum Gasteiger partial charge on any atom is -0.480 e. The number of carboxylic acids is 1. The Morgan fingerprint density at radius 1 is 1.39 bits per heavy atom. The molecular weight excluding hydrogens is 246 g/mol. The summed E-state index contributed by atoms with van der Waals surface area (Å²) in [7, 11) is 0. The summed E-state index contributed by atoms with van der Waals surface area (Å²) in [4.78, 5) is 15.3. The van der Waals surface area contributed by atoms with E-state index in [0.717, 1.165) is 16.5 Å². The lowest BCUT2D eigenvalue weighted by Crippen LogP contribution is -2.27. The van der Waals surface area contributed by atoms with E-state index < -0.39 is 10.7 Å². The molecule has 1 N–H and O–H groups in total. The van der Waals surface area contributed by atoms with Crippen LogP contribution >= 0.6 is 11.8 Å². The standard InChI is InChI=1S/C14H15NO2S/c1-14(2,13(16)17)18-9-10-5-6-12-11(8-10)4-3-7-15-12/h3-8H,9H2,1-2H3,(H,16,17). The van der Waals surface area contributed by atoms with Crippen LogP contribution in [0.1, 0.15) is 19.4 Å². The molecule has 2 aromatic rings. The summed E-state index contributed by atoms with van der Waals surface area (Å²) in [5, 5.41) is 10.1. The molecule has 1 aromatic carbocycles. The van der Waals surface area contributed by atoms with Gasteiger partial charge in [-0.1, -0.05) is 12.1 Å². The topological polar surface area (TPSA) is 50.2 Å². The Morgan fingerprint density at radius 3 is 2.89 bits per heavy atom. The molecule has 1 aromatic heterocycles. The Kier molecular flexibility index (Phi) is 3.57. The summed E-state index contributed by atoms with van der Waals surface area (Å²) in [5.74, 6) is -0.0978. The number of fused-ring (bicyclic) bond motifs is 1. The Balaban J connectivity index is 2.15. The molecule has 0 fully saturated rings. The van der Waals surface area contributed by atoms with Gasteiger partial charge < -0.3 is 5.11 Å². The fourth-order valence-corrected chi connectivity index (χ4v) is 2.37. The quantitative estimate of drug-likeness (QED) is 0.917. The predicted molar refractivity (Wildman–Crippen MR) is 74.8 cm³/mol. The van der Waals surface area contributed by atoms with Gasteiger partial charge in [0.2, 0.25) is 0 Å². The fourth-order valence-electron chi connectivity index (χ4n) is 1.54. The highest BCUT2D eigenvalue weighted by Crippen LogP contribution is 2.29. The lowest BCUT2D eigenvalue weighted by atomic mass is 10.1. The van der Waals surface area contributed by atoms with Crippen LogP contribution in [0.5, 0.6) is 0 Å². The lowest BCUT2D eigenvalue weighted by Gasteiger charge is -2.18. The first-order valence-corrected chi connectivity index (χ1v) is 6.68. The van der Waals surface area contributed by atoms with Crippen LogP contribution < -0.4 is 0 Å². The molecule has 18 heavy (non-hydrogen) atoms. The number of hydrogen-bond donors (Lipinski definition) is 1. The summed E-state index contributed by atoms with van der Waals surface area (Å²) in [6, 6.07) is 9.95. The van der Waals surface area contributed by atoms with E-state index in [1.165, 1.54) is 11.8 Å². The van der Waals surface area contributed by atoms with Crippen molar-refractivity contribution in [3.8, 4) is 0 Å². The van der Waals surface area contributed by atoms with Gasteiger partial charge in [0.1, 0.15) is 4.75 Å². The number of aliphatic carboxylic acids is 1. The van der Waals surface area contributed by atoms with E-state index in [4.69, 9.17) is 5.11 Å². The Labute approximate surface area is 110 Å². The van der Waals surface area contributed by atoms with E-state index in [1.54, 1.807) is 20.0 Å². The van der Waals surface area contributed by atoms with E-state index in [9.17, 15) is 4.79 Å². The largest absolute Gasteiger partial charge is 0.480 e. The highest BCUT2D eigenvalue weighted by Gasteiger charge is 2.27. The highest BCUT2D eigenvalue weighted by molar-refractivity contribution is 8.00. The third-order valence-corrected chi connectivity index (χ3v) is 4.16. The van der Waals surface area contributed by atoms with Gasteiger partial charge in [-0.05, 0) is 37.6 Å². The molecule has 0 unspecified atom stereocenters. The first-order valence-electron chi connectivity index (χ1n) is 5.70. The predicted octanol–water partition coefficient (Wildman–Crippen LogP) is 3.33. The molecule has 0 aliphatic carbocycles. The molecule has 0 saturated heterocycles. The third kappa shape index (κ3) is 2.82. The van der Waals surface area contributed by atoms with Gasteiger partial charge in [0.05, 0.1) is 5.52 Å². The van der Waals surface area contributed by atoms with Gasteiger partial charge in [-0.2, -0.15) is 0 Å². The summed E-state index contributed by atoms with van der Waals surface area (Å²) in [6.07, 6.45) is 1.77. The van der Waals surface area contributed by atoms with Crippen molar-refractivity contribution in [2.75, 3.05) is 0 Å². The van der Waals surface area contributed by atoms with Gasteiger partial charge in [-0.15, -0.1) is 11.8 Å². The smallest absolute Gasteiger partial charge is 0.319 e. The molecule has 0 amide bonds. The number of hydrogen-bond acceptors (Lipinski definition) is 3. The van der Waals surface area contributed by atoms with Crippen LogP contribution in [0.2, 0.25) is 0 Å². The number of nitrogens with zero attached hydrogens (tertiary/aromatic N) is 1. The van der Waals surface area contributed by atoms with Gasteiger partial charge in [-0.3, -0.25) is 9.78 Å². The first kappa shape index (κ1) is 12.9. The molecule has 4 heteroatoms. The van der Waals surface area contributed by atoms with Crippen LogP contribution in [0.25, 0.3) is 10.9 Å². The van der Waals surface area contributed by atoms with E-state index in [1.807, 2.05) is 24.3 Å². The minimum atomic E-state index is -0.782. The van der Waals surface area contributed by atoms with Gasteiger partial charge in [-0.25, -0.2) is 0 Å². The van der Waals surface area contributed by atoms with Gasteiger partial charge >= 0.3 is 5.97 Å². The van der Waals surface area contributed by atoms with E-state index in [0.29, 0.717) is 5.75 Å². The number of thioether (sulfide) groups is 1. The molecular formula is C14H15NO2S. The van der Waals surface area contributed by atoms with Crippen LogP contribution in [0, 0.1) is 0 Å². The second-order valence-corrected chi connectivity index (χ2v) is 6.23. The number of benzene rings is 1. The number of rotatable bonds is 4. The lowest BCUT2D eigenvalue weighted by molar-refractivity contribution is -0.138. The zero-order valence-electron chi connectivity index (χ0n) is 10.4. The summed E-state index contributed by atoms with van der Waals surface area (Å²) >= 11 is 1.43. The number of aromatic nitrogens is 1. The second-order valence-electron chi connectivity index (χ2n) is 4.63. The molecule has 1 heterocycles. The molecule has 0 bridgehead atoms. The van der Waals surface area contributed by atoms with Crippen molar-refractivity contribution in [3.63, 3.8) is 0 Å². The SMILES string of the molecule is CC(C)(SCc1ccc2ncccc2c1)C(=O)O. The fraction of sp³-hybridized carbons (Fsp3) is 0.286. The van der Waals surface area contributed by atoms with Gasteiger partial charge in [0, 0.05) is 17.3 Å². The maximum Gasteiger partial charge on any atom is 0.319 e. The third-order valence-electron chi connectivity index (χ3n) is 2.78. The molecule has 0 saturated carbocycles. The van der Waals surface area contributed by atoms with E-state index in [-0.39, 0.29) is 0 Å². The van der Waals surface area contributed by atoms with Crippen molar-refractivity contribution in [1.82, 2.24) is 4.98 Å². The van der Waals surface area contributed by atoms with Crippen molar-refractivity contribution in [2.24, 2.45) is 0 Å². The molecule has 94 valence electrons. The second kappa shape index (κ2) is 4.98. The van der Waals surface area contributed by atoms with E-state index >= 15 is 0 Å². The summed E-state index contributed by atoms with van der Waals surface area (Å²) < 4.78 is -0.760. The highest BCUT2D eigenvalue weighted by atomic mass is 32.2. The van der Waals surface area contributed by atoms with Crippen LogP contribution in [0.15, 0.2) is 36.5 Å². The number of pyridine rings is 1. The normalized spacial score (nSPS) is 11.7. The Hall–Kier alpha value is -1.55. The molecule has 2 rings (SSSR count). The molecule has 3 nitrogen and oxygen atoms in total. The van der Waals surface area contributed by atoms with Crippen molar-refractivity contribution in [3.05, 3.63) is 42.1 Å². The monoisotopic (exact) mass is 261 g/mol. The number of carboxylic acid groups (broad SMARTS) is 1. The summed E-state index contributed by atoms with van der Waals surface area (Å²) in [6.45, 7) is 3.45. The van der Waals surface area contributed by atoms with Crippen molar-refractivity contribution < 1.29 is 9.90 Å². The maximum absolute atomic E-state index is 11.0. The summed E-state index contributed by atoms with van der Waals surface area (Å²) in [5.41, 5.74) is 2.08. The molecule has 0 aliphatic heterocycles. The Morgan fingerprint density at radius 2 is 2.17 bits per heavy atom. The van der Waals surface area contributed by atoms with E-state index in [2.05, 4.69) is 11.1 Å². The van der Waals surface area contributed by atoms with Crippen LogP contribution in [0.4, 0.5) is 0 Å². The van der Waals surface area contributed by atoms with Crippen LogP contribution in [-0.2, 0) is 10.5 Å². The van der Waals surface area contributed by atoms with Crippen LogP contribution in [-0.4, -0.2) is 20.8 Å². The van der Waals surface area contributed by atoms with Gasteiger partial charge in [0.25, 0.3) is 0 Å². The molecule has 0 aliphatic rings. The average molecular weight is 261 g/mol. The molecule has 0 spiro atoms. The zero-order chi connectivity index (χ0) is 13.2. The van der Waals surface area contributed by atoms with Crippen LogP contribution in [0.3, 0.4) is 0 Å². The van der Waals surface area contributed by atoms with Crippen molar-refractivity contribution in [2.45, 2.75) is 24.3 Å². The van der Waals surface area contributed by atoms with Gasteiger partial charge in [0.15, 0.2) is 0 Å². The number of carbonyl (C=O) groups is 1. The van der Waals surface area contributed by atoms with Crippen molar-refractivity contribution >= 4 is 28.6 Å². The molecule has 0 atom stereocenters. The zero-order valence-corrected chi connectivity index (χ0v) is 11.2. The first-order chi connectivity index (χ1) is 8.49. The minimum absolute atomic E-state index is 0.685. The Bertz CT molecular complexity index is 581. The van der Waals surface area contributed by atoms with Crippen molar-refractivity contribution in [1.29, 1.82) is 0 Å². The maximum atomic E-state index is 11.0. The molecule has 0 radical (unpaired) electrons. The average Bonchev–Trinajstić information content (AvgIpc) is 2.36.